The van der Waals surface area contributed by atoms with Crippen LogP contribution in [0.15, 0.2) is 70.6 Å². The van der Waals surface area contributed by atoms with Gasteiger partial charge >= 0.3 is 0 Å². The molecule has 0 radical (unpaired) electrons. The number of fused-ring (bicyclic) bond motifs is 1. The van der Waals surface area contributed by atoms with Gasteiger partial charge in [-0.05, 0) is 48.7 Å². The van der Waals surface area contributed by atoms with E-state index in [1.54, 1.807) is 31.5 Å². The molecule has 0 N–H and O–H groups in total. The highest BCUT2D eigenvalue weighted by atomic mass is 35.5. The second-order valence-corrected chi connectivity index (χ2v) is 10.00. The molecule has 1 aliphatic rings. The summed E-state index contributed by atoms with van der Waals surface area (Å²) in [7, 11) is 1.56. The van der Waals surface area contributed by atoms with Crippen molar-refractivity contribution in [3.63, 3.8) is 0 Å². The molecule has 5 rings (SSSR count). The van der Waals surface area contributed by atoms with Crippen molar-refractivity contribution >= 4 is 40.3 Å². The molecule has 190 valence electrons. The van der Waals surface area contributed by atoms with Crippen molar-refractivity contribution < 1.29 is 9.47 Å². The van der Waals surface area contributed by atoms with Gasteiger partial charge in [0.1, 0.15) is 12.4 Å². The molecule has 1 saturated carbocycles. The van der Waals surface area contributed by atoms with E-state index in [9.17, 15) is 4.79 Å². The summed E-state index contributed by atoms with van der Waals surface area (Å²) >= 11 is 12.4. The molecular weight excluding hydrogens is 509 g/mol. The van der Waals surface area contributed by atoms with Gasteiger partial charge in [-0.2, -0.15) is 9.78 Å². The Morgan fingerprint density at radius 1 is 1.03 bits per heavy atom. The smallest absolute Gasteiger partial charge is 0.282 e. The van der Waals surface area contributed by atoms with E-state index in [0.29, 0.717) is 50.4 Å². The van der Waals surface area contributed by atoms with Crippen molar-refractivity contribution in [1.82, 2.24) is 9.66 Å². The SMILES string of the molecule is COc1cc(Cl)cc(C=Nn2c(C3CCCCC3)nc3ccccc3c2=O)c1OCc1ccc(Cl)cc1. The van der Waals surface area contributed by atoms with Crippen molar-refractivity contribution in [3.05, 3.63) is 98.0 Å². The van der Waals surface area contributed by atoms with E-state index >= 15 is 0 Å². The highest BCUT2D eigenvalue weighted by Gasteiger charge is 2.22. The fraction of sp³-hybridized carbons (Fsp3) is 0.276. The normalized spacial score (nSPS) is 14.4. The quantitative estimate of drug-likeness (QED) is 0.234. The largest absolute Gasteiger partial charge is 0.493 e. The minimum absolute atomic E-state index is 0.178. The molecule has 6 nitrogen and oxygen atoms in total. The van der Waals surface area contributed by atoms with Gasteiger partial charge in [0.05, 0.1) is 24.2 Å². The Bertz CT molecular complexity index is 1490. The lowest BCUT2D eigenvalue weighted by atomic mass is 9.88. The highest BCUT2D eigenvalue weighted by molar-refractivity contribution is 6.31. The molecule has 3 aromatic carbocycles. The lowest BCUT2D eigenvalue weighted by Gasteiger charge is -2.22. The average molecular weight is 536 g/mol. The number of para-hydroxylation sites is 1. The molecular formula is C29H27Cl2N3O3. The summed E-state index contributed by atoms with van der Waals surface area (Å²) in [5.74, 6) is 1.82. The number of nitrogens with zero attached hydrogens (tertiary/aromatic N) is 3. The number of ether oxygens (including phenoxy) is 2. The Morgan fingerprint density at radius 2 is 1.78 bits per heavy atom. The van der Waals surface area contributed by atoms with Crippen molar-refractivity contribution in [1.29, 1.82) is 0 Å². The first kappa shape index (κ1) is 25.3. The predicted molar refractivity (Wildman–Crippen MR) is 149 cm³/mol. The van der Waals surface area contributed by atoms with E-state index in [1.165, 1.54) is 11.1 Å². The van der Waals surface area contributed by atoms with Crippen LogP contribution in [0.5, 0.6) is 11.5 Å². The Morgan fingerprint density at radius 3 is 2.54 bits per heavy atom. The number of methoxy groups -OCH3 is 1. The summed E-state index contributed by atoms with van der Waals surface area (Å²) in [5.41, 5.74) is 2.03. The molecule has 0 amide bonds. The van der Waals surface area contributed by atoms with Crippen LogP contribution in [0.2, 0.25) is 10.0 Å². The van der Waals surface area contributed by atoms with Gasteiger partial charge in [0.15, 0.2) is 11.5 Å². The molecule has 0 spiro atoms. The minimum atomic E-state index is -0.194. The van der Waals surface area contributed by atoms with Gasteiger partial charge in [-0.3, -0.25) is 4.79 Å². The predicted octanol–water partition coefficient (Wildman–Crippen LogP) is 7.22. The molecule has 0 atom stereocenters. The third-order valence-corrected chi connectivity index (χ3v) is 7.10. The van der Waals surface area contributed by atoms with Gasteiger partial charge in [0, 0.05) is 27.6 Å². The molecule has 4 aromatic rings. The zero-order valence-electron chi connectivity index (χ0n) is 20.5. The Hall–Kier alpha value is -3.35. The Kier molecular flexibility index (Phi) is 7.77. The molecule has 1 fully saturated rings. The average Bonchev–Trinajstić information content (AvgIpc) is 2.93. The van der Waals surface area contributed by atoms with E-state index in [-0.39, 0.29) is 11.5 Å². The van der Waals surface area contributed by atoms with Crippen LogP contribution in [-0.4, -0.2) is 23.0 Å². The lowest BCUT2D eigenvalue weighted by molar-refractivity contribution is 0.284. The highest BCUT2D eigenvalue weighted by Crippen LogP contribution is 2.35. The third kappa shape index (κ3) is 5.65. The third-order valence-electron chi connectivity index (χ3n) is 6.63. The van der Waals surface area contributed by atoms with E-state index in [0.717, 1.165) is 31.2 Å². The van der Waals surface area contributed by atoms with Gasteiger partial charge in [-0.1, -0.05) is 66.7 Å². The molecule has 8 heteroatoms. The van der Waals surface area contributed by atoms with Crippen LogP contribution >= 0.6 is 23.2 Å². The lowest BCUT2D eigenvalue weighted by Crippen LogP contribution is -2.25. The number of hydrogen-bond acceptors (Lipinski definition) is 5. The number of aromatic nitrogens is 2. The van der Waals surface area contributed by atoms with Crippen LogP contribution in [0.1, 0.15) is 55.0 Å². The maximum atomic E-state index is 13.5. The molecule has 0 bridgehead atoms. The van der Waals surface area contributed by atoms with Gasteiger partial charge < -0.3 is 9.47 Å². The first-order valence-electron chi connectivity index (χ1n) is 12.3. The fourth-order valence-corrected chi connectivity index (χ4v) is 5.07. The van der Waals surface area contributed by atoms with Crippen LogP contribution in [0.3, 0.4) is 0 Å². The summed E-state index contributed by atoms with van der Waals surface area (Å²) < 4.78 is 13.1. The molecule has 0 aliphatic heterocycles. The number of benzene rings is 3. The number of hydrogen-bond donors (Lipinski definition) is 0. The van der Waals surface area contributed by atoms with Gasteiger partial charge in [-0.15, -0.1) is 0 Å². The molecule has 0 saturated heterocycles. The summed E-state index contributed by atoms with van der Waals surface area (Å²) in [5, 5.41) is 6.30. The fourth-order valence-electron chi connectivity index (χ4n) is 4.72. The van der Waals surface area contributed by atoms with Crippen molar-refractivity contribution in [2.75, 3.05) is 7.11 Å². The second-order valence-electron chi connectivity index (χ2n) is 9.13. The van der Waals surface area contributed by atoms with Crippen molar-refractivity contribution in [2.45, 2.75) is 44.6 Å². The van der Waals surface area contributed by atoms with Crippen LogP contribution in [0.4, 0.5) is 0 Å². The van der Waals surface area contributed by atoms with Gasteiger partial charge in [0.2, 0.25) is 0 Å². The van der Waals surface area contributed by atoms with Crippen LogP contribution in [0, 0.1) is 0 Å². The van der Waals surface area contributed by atoms with Crippen LogP contribution < -0.4 is 15.0 Å². The molecule has 0 unspecified atom stereocenters. The van der Waals surface area contributed by atoms with Gasteiger partial charge in [0.25, 0.3) is 5.56 Å². The monoisotopic (exact) mass is 535 g/mol. The zero-order valence-corrected chi connectivity index (χ0v) is 22.0. The van der Waals surface area contributed by atoms with Crippen LogP contribution in [0.25, 0.3) is 10.9 Å². The van der Waals surface area contributed by atoms with Crippen molar-refractivity contribution in [3.8, 4) is 11.5 Å². The molecule has 1 aromatic heterocycles. The van der Waals surface area contributed by atoms with Crippen molar-refractivity contribution in [2.24, 2.45) is 5.10 Å². The second kappa shape index (κ2) is 11.4. The standard InChI is InChI=1S/C29H27Cl2N3O3/c1-36-26-16-23(31)15-21(27(26)37-18-19-11-13-22(30)14-12-19)17-32-34-28(20-7-3-2-4-8-20)33-25-10-6-5-9-24(25)29(34)35/h5-6,9-17,20H,2-4,7-8,18H2,1H3. The minimum Gasteiger partial charge on any atom is -0.493 e. The zero-order chi connectivity index (χ0) is 25.8. The summed E-state index contributed by atoms with van der Waals surface area (Å²) in [6.45, 7) is 0.292. The summed E-state index contributed by atoms with van der Waals surface area (Å²) in [6, 6.07) is 18.2. The maximum Gasteiger partial charge on any atom is 0.282 e. The van der Waals surface area contributed by atoms with E-state index < -0.39 is 0 Å². The Balaban J connectivity index is 1.56. The molecule has 1 heterocycles. The Labute approximate surface area is 225 Å². The van der Waals surface area contributed by atoms with E-state index in [4.69, 9.17) is 37.7 Å². The van der Waals surface area contributed by atoms with Gasteiger partial charge in [-0.25, -0.2) is 4.98 Å². The summed E-state index contributed by atoms with van der Waals surface area (Å²) in [4.78, 5) is 18.4. The summed E-state index contributed by atoms with van der Waals surface area (Å²) in [6.07, 6.45) is 7.00. The number of rotatable bonds is 7. The number of halogens is 2. The maximum absolute atomic E-state index is 13.5. The first-order valence-corrected chi connectivity index (χ1v) is 13.1. The topological polar surface area (TPSA) is 65.7 Å². The van der Waals surface area contributed by atoms with E-state index in [1.807, 2.05) is 42.5 Å². The molecule has 1 aliphatic carbocycles. The molecule has 37 heavy (non-hydrogen) atoms. The van der Waals surface area contributed by atoms with Crippen LogP contribution in [-0.2, 0) is 6.61 Å². The first-order chi connectivity index (χ1) is 18.0. The van der Waals surface area contributed by atoms with E-state index in [2.05, 4.69) is 5.10 Å².